The van der Waals surface area contributed by atoms with Gasteiger partial charge in [-0.3, -0.25) is 4.79 Å². The minimum Gasteiger partial charge on any atom is -0.506 e. The Morgan fingerprint density at radius 1 is 1.19 bits per heavy atom. The van der Waals surface area contributed by atoms with Gasteiger partial charge in [-0.25, -0.2) is 0 Å². The highest BCUT2D eigenvalue weighted by Crippen LogP contribution is 2.33. The predicted octanol–water partition coefficient (Wildman–Crippen LogP) is 4.63. The number of piperidine rings is 1. The lowest BCUT2D eigenvalue weighted by Crippen LogP contribution is -2.32. The van der Waals surface area contributed by atoms with Gasteiger partial charge in [-0.05, 0) is 55.0 Å². The van der Waals surface area contributed by atoms with E-state index < -0.39 is 0 Å². The quantitative estimate of drug-likeness (QED) is 0.822. The molecule has 0 bridgehead atoms. The lowest BCUT2D eigenvalue weighted by atomic mass is 9.88. The van der Waals surface area contributed by atoms with Gasteiger partial charge in [0.05, 0.1) is 11.1 Å². The molecule has 1 aliphatic rings. The fourth-order valence-corrected chi connectivity index (χ4v) is 3.78. The number of phenolic OH excluding ortho intramolecular Hbond substituents is 1. The smallest absolute Gasteiger partial charge is 0.217 e. The van der Waals surface area contributed by atoms with Crippen LogP contribution in [0.5, 0.6) is 5.75 Å². The van der Waals surface area contributed by atoms with Crippen molar-refractivity contribution in [1.29, 1.82) is 0 Å². The van der Waals surface area contributed by atoms with Gasteiger partial charge < -0.3 is 15.3 Å². The van der Waals surface area contributed by atoms with Crippen molar-refractivity contribution < 1.29 is 9.90 Å². The zero-order chi connectivity index (χ0) is 18.7. The van der Waals surface area contributed by atoms with Crippen LogP contribution in [0, 0.1) is 0 Å². The highest BCUT2D eigenvalue weighted by Gasteiger charge is 2.21. The molecule has 0 aromatic heterocycles. The predicted molar refractivity (Wildman–Crippen MR) is 106 cm³/mol. The average molecular weight is 373 g/mol. The molecule has 5 heteroatoms. The molecular weight excluding hydrogens is 348 g/mol. The maximum Gasteiger partial charge on any atom is 0.217 e. The topological polar surface area (TPSA) is 52.6 Å². The van der Waals surface area contributed by atoms with E-state index in [4.69, 9.17) is 11.6 Å². The van der Waals surface area contributed by atoms with Crippen LogP contribution < -0.4 is 10.2 Å². The molecule has 0 unspecified atom stereocenters. The van der Waals surface area contributed by atoms with Gasteiger partial charge in [-0.1, -0.05) is 35.9 Å². The van der Waals surface area contributed by atoms with E-state index >= 15 is 0 Å². The number of hydrogen-bond donors (Lipinski definition) is 2. The number of carbonyl (C=O) groups excluding carboxylic acids is 1. The highest BCUT2D eigenvalue weighted by molar-refractivity contribution is 6.32. The van der Waals surface area contributed by atoms with Crippen LogP contribution in [0.4, 0.5) is 5.69 Å². The number of nitrogens with zero attached hydrogens (tertiary/aromatic N) is 1. The molecule has 2 aromatic rings. The van der Waals surface area contributed by atoms with Gasteiger partial charge in [-0.2, -0.15) is 0 Å². The van der Waals surface area contributed by atoms with Crippen LogP contribution in [-0.2, 0) is 4.79 Å². The Balaban J connectivity index is 1.61. The first-order valence-electron chi connectivity index (χ1n) is 9.04. The second kappa shape index (κ2) is 8.00. The summed E-state index contributed by atoms with van der Waals surface area (Å²) in [5.74, 6) is 0.658. The molecule has 3 rings (SSSR count). The van der Waals surface area contributed by atoms with Gasteiger partial charge in [0.25, 0.3) is 0 Å². The molecule has 1 heterocycles. The fourth-order valence-electron chi connectivity index (χ4n) is 3.61. The second-order valence-corrected chi connectivity index (χ2v) is 7.39. The number of hydrogen-bond acceptors (Lipinski definition) is 3. The molecule has 2 aromatic carbocycles. The Bertz CT molecular complexity index is 768. The summed E-state index contributed by atoms with van der Waals surface area (Å²) in [6, 6.07) is 14.0. The molecule has 1 saturated heterocycles. The van der Waals surface area contributed by atoms with E-state index in [-0.39, 0.29) is 17.7 Å². The lowest BCUT2D eigenvalue weighted by Gasteiger charge is -2.34. The number of phenols is 1. The number of nitrogens with one attached hydrogen (secondary N) is 1. The van der Waals surface area contributed by atoms with Crippen molar-refractivity contribution in [3.05, 3.63) is 58.6 Å². The summed E-state index contributed by atoms with van der Waals surface area (Å²) in [5.41, 5.74) is 3.54. The van der Waals surface area contributed by atoms with E-state index in [1.165, 1.54) is 5.56 Å². The summed E-state index contributed by atoms with van der Waals surface area (Å²) < 4.78 is 0. The van der Waals surface area contributed by atoms with Gasteiger partial charge in [0.2, 0.25) is 5.91 Å². The largest absolute Gasteiger partial charge is 0.506 e. The summed E-state index contributed by atoms with van der Waals surface area (Å²) in [6.07, 6.45) is 2.16. The Morgan fingerprint density at radius 3 is 2.42 bits per heavy atom. The molecule has 4 nitrogen and oxygen atoms in total. The summed E-state index contributed by atoms with van der Waals surface area (Å²) in [7, 11) is 0. The molecule has 26 heavy (non-hydrogen) atoms. The molecule has 2 N–H and O–H groups in total. The van der Waals surface area contributed by atoms with Gasteiger partial charge in [0.1, 0.15) is 5.75 Å². The van der Waals surface area contributed by atoms with Crippen LogP contribution in [0.2, 0.25) is 5.02 Å². The number of amides is 1. The third-order valence-electron chi connectivity index (χ3n) is 5.12. The molecular formula is C21H25ClN2O2. The Kier molecular flexibility index (Phi) is 5.72. The Labute approximate surface area is 159 Å². The third-order valence-corrected chi connectivity index (χ3v) is 5.42. The Hall–Kier alpha value is -2.20. The normalized spacial score (nSPS) is 16.3. The average Bonchev–Trinajstić information content (AvgIpc) is 2.64. The first-order chi connectivity index (χ1) is 12.4. The minimum absolute atomic E-state index is 0.0108. The maximum absolute atomic E-state index is 11.2. The van der Waals surface area contributed by atoms with E-state index in [1.807, 2.05) is 19.1 Å². The highest BCUT2D eigenvalue weighted by atomic mass is 35.5. The molecule has 0 aliphatic carbocycles. The molecule has 0 radical (unpaired) electrons. The summed E-state index contributed by atoms with van der Waals surface area (Å²) in [5, 5.41) is 12.9. The van der Waals surface area contributed by atoms with Gasteiger partial charge >= 0.3 is 0 Å². The van der Waals surface area contributed by atoms with E-state index in [0.29, 0.717) is 10.9 Å². The van der Waals surface area contributed by atoms with Crippen molar-refractivity contribution in [2.45, 2.75) is 38.6 Å². The third kappa shape index (κ3) is 4.31. The molecule has 138 valence electrons. The van der Waals surface area contributed by atoms with E-state index in [9.17, 15) is 9.90 Å². The van der Waals surface area contributed by atoms with Gasteiger partial charge in [-0.15, -0.1) is 0 Å². The van der Waals surface area contributed by atoms with Crippen molar-refractivity contribution in [3.8, 4) is 5.75 Å². The van der Waals surface area contributed by atoms with Crippen molar-refractivity contribution in [1.82, 2.24) is 5.32 Å². The number of carbonyl (C=O) groups is 1. The minimum atomic E-state index is -0.0108. The van der Waals surface area contributed by atoms with Gasteiger partial charge in [0, 0.05) is 25.7 Å². The number of halogens is 1. The van der Waals surface area contributed by atoms with Crippen molar-refractivity contribution in [3.63, 3.8) is 0 Å². The van der Waals surface area contributed by atoms with Crippen LogP contribution in [0.1, 0.15) is 49.8 Å². The Morgan fingerprint density at radius 2 is 1.85 bits per heavy atom. The van der Waals surface area contributed by atoms with Gasteiger partial charge in [0.15, 0.2) is 0 Å². The molecule has 0 saturated carbocycles. The molecule has 1 fully saturated rings. The second-order valence-electron chi connectivity index (χ2n) is 6.99. The molecule has 1 amide bonds. The number of anilines is 1. The number of benzene rings is 2. The maximum atomic E-state index is 11.2. The first kappa shape index (κ1) is 18.6. The van der Waals surface area contributed by atoms with Crippen LogP contribution in [0.3, 0.4) is 0 Å². The summed E-state index contributed by atoms with van der Waals surface area (Å²) >= 11 is 6.03. The summed E-state index contributed by atoms with van der Waals surface area (Å²) in [4.78, 5) is 13.5. The molecule has 0 spiro atoms. The molecule has 1 atom stereocenters. The van der Waals surface area contributed by atoms with E-state index in [2.05, 4.69) is 34.5 Å². The van der Waals surface area contributed by atoms with E-state index in [1.54, 1.807) is 13.0 Å². The van der Waals surface area contributed by atoms with E-state index in [0.717, 1.165) is 37.2 Å². The van der Waals surface area contributed by atoms with Crippen LogP contribution in [0.15, 0.2) is 42.5 Å². The fraction of sp³-hybridized carbons (Fsp3) is 0.381. The summed E-state index contributed by atoms with van der Waals surface area (Å²) in [6.45, 7) is 5.48. The standard InChI is InChI=1S/C21H25ClN2O2/c1-14(23-15(2)25)16-3-5-17(6-4-16)18-9-11-24(12-10-18)19-7-8-21(26)20(22)13-19/h3-8,13-14,18,26H,9-12H2,1-2H3,(H,23,25)/t14-/m0/s1. The van der Waals surface area contributed by atoms with Crippen molar-refractivity contribution in [2.75, 3.05) is 18.0 Å². The zero-order valence-electron chi connectivity index (χ0n) is 15.2. The van der Waals surface area contributed by atoms with Crippen molar-refractivity contribution in [2.24, 2.45) is 0 Å². The van der Waals surface area contributed by atoms with Crippen molar-refractivity contribution >= 4 is 23.2 Å². The number of rotatable bonds is 4. The first-order valence-corrected chi connectivity index (χ1v) is 9.42. The lowest BCUT2D eigenvalue weighted by molar-refractivity contribution is -0.119. The van der Waals surface area contributed by atoms with Crippen LogP contribution >= 0.6 is 11.6 Å². The number of aromatic hydroxyl groups is 1. The molecule has 1 aliphatic heterocycles. The zero-order valence-corrected chi connectivity index (χ0v) is 16.0. The van der Waals surface area contributed by atoms with Crippen LogP contribution in [-0.4, -0.2) is 24.1 Å². The monoisotopic (exact) mass is 372 g/mol. The van der Waals surface area contributed by atoms with Crippen LogP contribution in [0.25, 0.3) is 0 Å². The SMILES string of the molecule is CC(=O)N[C@@H](C)c1ccc(C2CCN(c3ccc(O)c(Cl)c3)CC2)cc1.